The van der Waals surface area contributed by atoms with Crippen LogP contribution in [0.5, 0.6) is 5.75 Å². The second-order valence-electron chi connectivity index (χ2n) is 3.12. The molecule has 0 spiro atoms. The lowest BCUT2D eigenvalue weighted by Crippen LogP contribution is -2.13. The van der Waals surface area contributed by atoms with Gasteiger partial charge in [0.25, 0.3) is 0 Å². The summed E-state index contributed by atoms with van der Waals surface area (Å²) in [6, 6.07) is 2.50. The maximum atomic E-state index is 10.5. The number of carbonyl (C=O) groups is 1. The van der Waals surface area contributed by atoms with Crippen molar-refractivity contribution < 1.29 is 15.0 Å². The number of aliphatic carboxylic acids is 1. The van der Waals surface area contributed by atoms with Crippen molar-refractivity contribution in [1.82, 2.24) is 0 Å². The maximum Gasteiger partial charge on any atom is 0.328 e. The van der Waals surface area contributed by atoms with E-state index in [0.717, 1.165) is 4.47 Å². The van der Waals surface area contributed by atoms with E-state index in [1.807, 2.05) is 0 Å². The SMILES string of the molecule is C[C@H](N=Cc1cc(Br)cc(Br)c1O)C(=O)O. The van der Waals surface area contributed by atoms with Gasteiger partial charge in [-0.1, -0.05) is 15.9 Å². The van der Waals surface area contributed by atoms with Gasteiger partial charge in [-0.3, -0.25) is 4.99 Å². The van der Waals surface area contributed by atoms with Gasteiger partial charge in [-0.15, -0.1) is 0 Å². The number of benzene rings is 1. The van der Waals surface area contributed by atoms with E-state index >= 15 is 0 Å². The van der Waals surface area contributed by atoms with Crippen molar-refractivity contribution in [2.24, 2.45) is 4.99 Å². The van der Waals surface area contributed by atoms with Gasteiger partial charge in [0.1, 0.15) is 11.8 Å². The minimum Gasteiger partial charge on any atom is -0.506 e. The minimum atomic E-state index is -1.01. The average molecular weight is 351 g/mol. The van der Waals surface area contributed by atoms with Crippen LogP contribution in [0.2, 0.25) is 0 Å². The predicted molar refractivity (Wildman–Crippen MR) is 68.2 cm³/mol. The molecule has 86 valence electrons. The van der Waals surface area contributed by atoms with Crippen LogP contribution in [0.15, 0.2) is 26.1 Å². The zero-order chi connectivity index (χ0) is 12.3. The minimum absolute atomic E-state index is 0.0320. The first-order valence-electron chi connectivity index (χ1n) is 4.36. The van der Waals surface area contributed by atoms with E-state index in [4.69, 9.17) is 5.11 Å². The van der Waals surface area contributed by atoms with E-state index < -0.39 is 12.0 Å². The van der Waals surface area contributed by atoms with Gasteiger partial charge in [0.2, 0.25) is 0 Å². The summed E-state index contributed by atoms with van der Waals surface area (Å²) >= 11 is 6.44. The Bertz CT molecular complexity index is 446. The van der Waals surface area contributed by atoms with Crippen molar-refractivity contribution in [3.8, 4) is 5.75 Å². The summed E-state index contributed by atoms with van der Waals surface area (Å²) in [6.07, 6.45) is 1.34. The van der Waals surface area contributed by atoms with Crippen molar-refractivity contribution in [2.45, 2.75) is 13.0 Å². The first kappa shape index (κ1) is 13.2. The Kier molecular flexibility index (Phi) is 4.49. The zero-order valence-corrected chi connectivity index (χ0v) is 11.5. The van der Waals surface area contributed by atoms with Gasteiger partial charge < -0.3 is 10.2 Å². The smallest absolute Gasteiger partial charge is 0.328 e. The van der Waals surface area contributed by atoms with Gasteiger partial charge in [0.05, 0.1) is 4.47 Å². The van der Waals surface area contributed by atoms with Crippen LogP contribution >= 0.6 is 31.9 Å². The lowest BCUT2D eigenvalue weighted by atomic mass is 10.2. The number of phenols is 1. The third-order valence-electron chi connectivity index (χ3n) is 1.85. The summed E-state index contributed by atoms with van der Waals surface area (Å²) in [7, 11) is 0. The van der Waals surface area contributed by atoms with Crippen LogP contribution in [-0.2, 0) is 4.79 Å². The van der Waals surface area contributed by atoms with Crippen molar-refractivity contribution in [1.29, 1.82) is 0 Å². The van der Waals surface area contributed by atoms with Crippen LogP contribution in [0.1, 0.15) is 12.5 Å². The Morgan fingerprint density at radius 3 is 2.69 bits per heavy atom. The molecule has 0 aromatic heterocycles. The van der Waals surface area contributed by atoms with Gasteiger partial charge in [0, 0.05) is 16.3 Å². The number of carboxylic acid groups (broad SMARTS) is 1. The van der Waals surface area contributed by atoms with Crippen molar-refractivity contribution in [3.05, 3.63) is 26.6 Å². The molecule has 0 saturated carbocycles. The topological polar surface area (TPSA) is 69.9 Å². The zero-order valence-electron chi connectivity index (χ0n) is 8.32. The number of halogens is 2. The monoisotopic (exact) mass is 349 g/mol. The Balaban J connectivity index is 3.01. The molecule has 1 aromatic rings. The molecule has 6 heteroatoms. The van der Waals surface area contributed by atoms with Gasteiger partial charge in [0.15, 0.2) is 0 Å². The molecule has 0 aliphatic heterocycles. The van der Waals surface area contributed by atoms with E-state index in [9.17, 15) is 9.90 Å². The number of nitrogens with zero attached hydrogens (tertiary/aromatic N) is 1. The summed E-state index contributed by atoms with van der Waals surface area (Å²) < 4.78 is 1.29. The second kappa shape index (κ2) is 5.45. The molecule has 0 aliphatic carbocycles. The Hall–Kier alpha value is -0.880. The highest BCUT2D eigenvalue weighted by Gasteiger charge is 2.09. The van der Waals surface area contributed by atoms with E-state index in [0.29, 0.717) is 10.0 Å². The quantitative estimate of drug-likeness (QED) is 0.823. The predicted octanol–water partition coefficient (Wildman–Crippen LogP) is 2.81. The Morgan fingerprint density at radius 1 is 1.50 bits per heavy atom. The fraction of sp³-hybridized carbons (Fsp3) is 0.200. The van der Waals surface area contributed by atoms with E-state index in [-0.39, 0.29) is 5.75 Å². The fourth-order valence-electron chi connectivity index (χ4n) is 0.940. The van der Waals surface area contributed by atoms with Gasteiger partial charge in [-0.25, -0.2) is 4.79 Å². The molecule has 0 heterocycles. The fourth-order valence-corrected chi connectivity index (χ4v) is 2.20. The number of hydrogen-bond donors (Lipinski definition) is 2. The Labute approximate surface area is 109 Å². The highest BCUT2D eigenvalue weighted by atomic mass is 79.9. The molecule has 0 radical (unpaired) electrons. The lowest BCUT2D eigenvalue weighted by Gasteiger charge is -2.03. The number of hydrogen-bond acceptors (Lipinski definition) is 3. The molecule has 1 aromatic carbocycles. The molecular formula is C10H9Br2NO3. The third kappa shape index (κ3) is 3.31. The van der Waals surface area contributed by atoms with Crippen LogP contribution in [0, 0.1) is 0 Å². The van der Waals surface area contributed by atoms with Crippen LogP contribution in [0.3, 0.4) is 0 Å². The second-order valence-corrected chi connectivity index (χ2v) is 4.89. The maximum absolute atomic E-state index is 10.5. The molecule has 0 unspecified atom stereocenters. The standard InChI is InChI=1S/C10H9Br2NO3/c1-5(10(15)16)13-4-6-2-7(11)3-8(12)9(6)14/h2-5,14H,1H3,(H,15,16)/t5-/m0/s1. The van der Waals surface area contributed by atoms with Crippen LogP contribution < -0.4 is 0 Å². The molecule has 0 fully saturated rings. The van der Waals surface area contributed by atoms with Crippen LogP contribution in [-0.4, -0.2) is 28.4 Å². The third-order valence-corrected chi connectivity index (χ3v) is 2.91. The molecule has 16 heavy (non-hydrogen) atoms. The number of aromatic hydroxyl groups is 1. The highest BCUT2D eigenvalue weighted by Crippen LogP contribution is 2.30. The van der Waals surface area contributed by atoms with E-state index in [2.05, 4.69) is 36.9 Å². The molecule has 0 aliphatic rings. The Morgan fingerprint density at radius 2 is 2.12 bits per heavy atom. The highest BCUT2D eigenvalue weighted by molar-refractivity contribution is 9.11. The van der Waals surface area contributed by atoms with Crippen molar-refractivity contribution in [3.63, 3.8) is 0 Å². The molecule has 0 saturated heterocycles. The summed E-state index contributed by atoms with van der Waals surface area (Å²) in [6.45, 7) is 1.46. The first-order chi connectivity index (χ1) is 7.41. The number of rotatable bonds is 3. The molecule has 2 N–H and O–H groups in total. The largest absolute Gasteiger partial charge is 0.506 e. The van der Waals surface area contributed by atoms with E-state index in [1.165, 1.54) is 13.1 Å². The molecular weight excluding hydrogens is 342 g/mol. The molecule has 1 atom stereocenters. The lowest BCUT2D eigenvalue weighted by molar-refractivity contribution is -0.137. The van der Waals surface area contributed by atoms with Crippen molar-refractivity contribution in [2.75, 3.05) is 0 Å². The number of aliphatic imine (C=N–C) groups is 1. The summed E-state index contributed by atoms with van der Waals surface area (Å²) in [4.78, 5) is 14.4. The van der Waals surface area contributed by atoms with Gasteiger partial charge >= 0.3 is 5.97 Å². The van der Waals surface area contributed by atoms with Gasteiger partial charge in [-0.05, 0) is 35.0 Å². The molecule has 0 amide bonds. The molecule has 4 nitrogen and oxygen atoms in total. The molecule has 1 rings (SSSR count). The summed E-state index contributed by atoms with van der Waals surface area (Å²) in [5.41, 5.74) is 0.453. The first-order valence-corrected chi connectivity index (χ1v) is 5.94. The van der Waals surface area contributed by atoms with Crippen molar-refractivity contribution >= 4 is 44.0 Å². The van der Waals surface area contributed by atoms with E-state index in [1.54, 1.807) is 12.1 Å². The molecule has 0 bridgehead atoms. The average Bonchev–Trinajstić information content (AvgIpc) is 2.20. The number of carboxylic acids is 1. The summed E-state index contributed by atoms with van der Waals surface area (Å²) in [5, 5.41) is 18.3. The summed E-state index contributed by atoms with van der Waals surface area (Å²) in [5.74, 6) is -0.977. The normalized spacial score (nSPS) is 12.9. The number of phenolic OH excluding ortho intramolecular Hbond substituents is 1. The van der Waals surface area contributed by atoms with Gasteiger partial charge in [-0.2, -0.15) is 0 Å². The van der Waals surface area contributed by atoms with Crippen LogP contribution in [0.25, 0.3) is 0 Å². The van der Waals surface area contributed by atoms with Crippen LogP contribution in [0.4, 0.5) is 0 Å².